The number of carbonyl (C=O) groups excluding carboxylic acids is 1. The van der Waals surface area contributed by atoms with Crippen molar-refractivity contribution in [3.63, 3.8) is 0 Å². The highest BCUT2D eigenvalue weighted by Gasteiger charge is 2.12. The van der Waals surface area contributed by atoms with Crippen molar-refractivity contribution in [2.45, 2.75) is 13.5 Å². The molecule has 0 aliphatic carbocycles. The summed E-state index contributed by atoms with van der Waals surface area (Å²) < 4.78 is 13.1. The number of aromatic nitrogens is 1. The van der Waals surface area contributed by atoms with Crippen LogP contribution in [0.1, 0.15) is 20.8 Å². The molecule has 0 unspecified atom stereocenters. The smallest absolute Gasteiger partial charge is 0.261 e. The van der Waals surface area contributed by atoms with Crippen molar-refractivity contribution >= 4 is 17.2 Å². The summed E-state index contributed by atoms with van der Waals surface area (Å²) in [5.74, 6) is -0.536. The topological polar surface area (TPSA) is 62.0 Å². The first-order valence-corrected chi connectivity index (χ1v) is 8.17. The van der Waals surface area contributed by atoms with Gasteiger partial charge in [-0.15, -0.1) is 11.3 Å². The van der Waals surface area contributed by atoms with Crippen LogP contribution in [0.15, 0.2) is 53.5 Å². The normalized spacial score (nSPS) is 10.6. The lowest BCUT2D eigenvalue weighted by molar-refractivity contribution is 0.0955. The number of rotatable bonds is 4. The standard InChI is InChI=1S/C18H15FN2O2S/c1-11-7-17(22)20-10-14(11)15-5-6-16(24-15)18(23)21-9-12-3-2-4-13(19)8-12/h2-8,10H,9H2,1H3,(H,20,22)(H,21,23). The first kappa shape index (κ1) is 16.1. The molecule has 2 aromatic heterocycles. The average Bonchev–Trinajstić information content (AvgIpc) is 3.02. The van der Waals surface area contributed by atoms with Gasteiger partial charge < -0.3 is 10.3 Å². The van der Waals surface area contributed by atoms with E-state index in [1.165, 1.54) is 29.5 Å². The van der Waals surface area contributed by atoms with Crippen molar-refractivity contribution in [3.8, 4) is 10.4 Å². The molecule has 0 spiro atoms. The van der Waals surface area contributed by atoms with Crippen molar-refractivity contribution in [2.24, 2.45) is 0 Å². The number of aromatic amines is 1. The van der Waals surface area contributed by atoms with Crippen molar-refractivity contribution in [3.05, 3.63) is 80.8 Å². The van der Waals surface area contributed by atoms with Crippen LogP contribution in [-0.4, -0.2) is 10.9 Å². The third kappa shape index (κ3) is 3.60. The number of pyridine rings is 1. The zero-order valence-electron chi connectivity index (χ0n) is 12.9. The van der Waals surface area contributed by atoms with Crippen LogP contribution in [0, 0.1) is 12.7 Å². The number of hydrogen-bond donors (Lipinski definition) is 2. The molecule has 0 bridgehead atoms. The Kier molecular flexibility index (Phi) is 4.57. The molecule has 122 valence electrons. The highest BCUT2D eigenvalue weighted by molar-refractivity contribution is 7.17. The molecule has 2 N–H and O–H groups in total. The van der Waals surface area contributed by atoms with E-state index in [0.29, 0.717) is 10.4 Å². The minimum Gasteiger partial charge on any atom is -0.347 e. The Morgan fingerprint density at radius 2 is 2.08 bits per heavy atom. The van der Waals surface area contributed by atoms with Crippen LogP contribution < -0.4 is 10.9 Å². The van der Waals surface area contributed by atoms with Crippen LogP contribution in [0.2, 0.25) is 0 Å². The number of thiophene rings is 1. The molecule has 3 aromatic rings. The second kappa shape index (κ2) is 6.80. The molecule has 0 fully saturated rings. The summed E-state index contributed by atoms with van der Waals surface area (Å²) in [5, 5.41) is 2.78. The SMILES string of the molecule is Cc1cc(=O)[nH]cc1-c1ccc(C(=O)NCc2cccc(F)c2)s1. The third-order valence-corrected chi connectivity index (χ3v) is 4.69. The number of H-pyrrole nitrogens is 1. The molecule has 0 aliphatic heterocycles. The van der Waals surface area contributed by atoms with E-state index in [0.717, 1.165) is 16.0 Å². The Hall–Kier alpha value is -2.73. The Balaban J connectivity index is 1.73. The average molecular weight is 342 g/mol. The van der Waals surface area contributed by atoms with Crippen LogP contribution in [0.3, 0.4) is 0 Å². The van der Waals surface area contributed by atoms with Gasteiger partial charge in [0.2, 0.25) is 5.56 Å². The minimum atomic E-state index is -0.325. The number of hydrogen-bond acceptors (Lipinski definition) is 3. The lowest BCUT2D eigenvalue weighted by Crippen LogP contribution is -2.21. The number of halogens is 1. The minimum absolute atomic E-state index is 0.152. The summed E-state index contributed by atoms with van der Waals surface area (Å²) in [6.45, 7) is 2.12. The maximum absolute atomic E-state index is 13.1. The zero-order valence-corrected chi connectivity index (χ0v) is 13.7. The Morgan fingerprint density at radius 3 is 2.83 bits per heavy atom. The summed E-state index contributed by atoms with van der Waals surface area (Å²) in [6, 6.07) is 11.2. The van der Waals surface area contributed by atoms with Gasteiger partial charge in [0.15, 0.2) is 0 Å². The Bertz CT molecular complexity index is 946. The lowest BCUT2D eigenvalue weighted by atomic mass is 10.1. The Labute approximate surface area is 142 Å². The van der Waals surface area contributed by atoms with Gasteiger partial charge in [-0.2, -0.15) is 0 Å². The molecular weight excluding hydrogens is 327 g/mol. The number of nitrogens with one attached hydrogen (secondary N) is 2. The van der Waals surface area contributed by atoms with E-state index in [9.17, 15) is 14.0 Å². The van der Waals surface area contributed by atoms with Gasteiger partial charge in [-0.05, 0) is 42.3 Å². The monoisotopic (exact) mass is 342 g/mol. The van der Waals surface area contributed by atoms with E-state index < -0.39 is 0 Å². The number of benzene rings is 1. The molecule has 4 nitrogen and oxygen atoms in total. The number of carbonyl (C=O) groups is 1. The highest BCUT2D eigenvalue weighted by Crippen LogP contribution is 2.29. The maximum atomic E-state index is 13.1. The van der Waals surface area contributed by atoms with Gasteiger partial charge in [0.25, 0.3) is 5.91 Å². The largest absolute Gasteiger partial charge is 0.347 e. The molecule has 0 saturated carbocycles. The molecule has 3 rings (SSSR count). The van der Waals surface area contributed by atoms with Gasteiger partial charge in [-0.3, -0.25) is 9.59 Å². The van der Waals surface area contributed by atoms with Gasteiger partial charge in [0.1, 0.15) is 5.82 Å². The molecule has 0 atom stereocenters. The van der Waals surface area contributed by atoms with Crippen LogP contribution in [-0.2, 0) is 6.54 Å². The van der Waals surface area contributed by atoms with Crippen molar-refractivity contribution in [2.75, 3.05) is 0 Å². The van der Waals surface area contributed by atoms with E-state index in [1.54, 1.807) is 24.4 Å². The molecule has 0 aliphatic rings. The summed E-state index contributed by atoms with van der Waals surface area (Å²) in [4.78, 5) is 27.6. The molecule has 1 aromatic carbocycles. The summed E-state index contributed by atoms with van der Waals surface area (Å²) in [5.41, 5.74) is 2.30. The predicted octanol–water partition coefficient (Wildman–Crippen LogP) is 3.48. The van der Waals surface area contributed by atoms with E-state index >= 15 is 0 Å². The van der Waals surface area contributed by atoms with Crippen LogP contribution in [0.25, 0.3) is 10.4 Å². The number of aryl methyl sites for hydroxylation is 1. The molecule has 2 heterocycles. The van der Waals surface area contributed by atoms with Gasteiger partial charge in [0, 0.05) is 29.2 Å². The van der Waals surface area contributed by atoms with Gasteiger partial charge in [-0.25, -0.2) is 4.39 Å². The number of amides is 1. The third-order valence-electron chi connectivity index (χ3n) is 3.57. The molecule has 0 radical (unpaired) electrons. The van der Waals surface area contributed by atoms with E-state index in [-0.39, 0.29) is 23.8 Å². The molecule has 6 heteroatoms. The van der Waals surface area contributed by atoms with Crippen LogP contribution in [0.5, 0.6) is 0 Å². The lowest BCUT2D eigenvalue weighted by Gasteiger charge is -2.04. The fraction of sp³-hybridized carbons (Fsp3) is 0.111. The van der Waals surface area contributed by atoms with E-state index in [1.807, 2.05) is 13.0 Å². The highest BCUT2D eigenvalue weighted by atomic mass is 32.1. The van der Waals surface area contributed by atoms with Crippen LogP contribution in [0.4, 0.5) is 4.39 Å². The Morgan fingerprint density at radius 1 is 1.25 bits per heavy atom. The second-order valence-corrected chi connectivity index (χ2v) is 6.45. The summed E-state index contributed by atoms with van der Waals surface area (Å²) in [7, 11) is 0. The van der Waals surface area contributed by atoms with Crippen molar-refractivity contribution < 1.29 is 9.18 Å². The van der Waals surface area contributed by atoms with E-state index in [4.69, 9.17) is 0 Å². The molecule has 1 amide bonds. The van der Waals surface area contributed by atoms with Gasteiger partial charge in [-0.1, -0.05) is 12.1 Å². The van der Waals surface area contributed by atoms with Crippen molar-refractivity contribution in [1.29, 1.82) is 0 Å². The van der Waals surface area contributed by atoms with Crippen LogP contribution >= 0.6 is 11.3 Å². The fourth-order valence-electron chi connectivity index (χ4n) is 2.36. The molecule has 0 saturated heterocycles. The molecular formula is C18H15FN2O2S. The predicted molar refractivity (Wildman–Crippen MR) is 92.7 cm³/mol. The summed E-state index contributed by atoms with van der Waals surface area (Å²) >= 11 is 1.34. The fourth-order valence-corrected chi connectivity index (χ4v) is 3.36. The first-order chi connectivity index (χ1) is 11.5. The molecule has 24 heavy (non-hydrogen) atoms. The van der Waals surface area contributed by atoms with Crippen molar-refractivity contribution in [1.82, 2.24) is 10.3 Å². The zero-order chi connectivity index (χ0) is 17.1. The van der Waals surface area contributed by atoms with E-state index in [2.05, 4.69) is 10.3 Å². The van der Waals surface area contributed by atoms with Gasteiger partial charge >= 0.3 is 0 Å². The summed E-state index contributed by atoms with van der Waals surface area (Å²) in [6.07, 6.45) is 1.65. The van der Waals surface area contributed by atoms with Gasteiger partial charge in [0.05, 0.1) is 4.88 Å². The first-order valence-electron chi connectivity index (χ1n) is 7.35. The quantitative estimate of drug-likeness (QED) is 0.762. The second-order valence-electron chi connectivity index (χ2n) is 5.37. The maximum Gasteiger partial charge on any atom is 0.261 e.